The number of amides is 1. The van der Waals surface area contributed by atoms with Crippen molar-refractivity contribution in [3.05, 3.63) is 53.1 Å². The van der Waals surface area contributed by atoms with Gasteiger partial charge in [-0.1, -0.05) is 12.1 Å². The molecule has 1 amide bonds. The average molecular weight is 315 g/mol. The Hall–Kier alpha value is -2.17. The first-order chi connectivity index (χ1) is 11.1. The molecule has 122 valence electrons. The van der Waals surface area contributed by atoms with E-state index in [1.165, 1.54) is 12.1 Å². The molecule has 1 N–H and O–H groups in total. The van der Waals surface area contributed by atoms with E-state index in [-0.39, 0.29) is 11.7 Å². The second-order valence-electron chi connectivity index (χ2n) is 6.27. The Morgan fingerprint density at radius 2 is 2.17 bits per heavy atom. The summed E-state index contributed by atoms with van der Waals surface area (Å²) in [4.78, 5) is 14.4. The average Bonchev–Trinajstić information content (AvgIpc) is 3.00. The first-order valence-electron chi connectivity index (χ1n) is 8.15. The smallest absolute Gasteiger partial charge is 0.222 e. The van der Waals surface area contributed by atoms with Crippen LogP contribution in [0.15, 0.2) is 30.5 Å². The van der Waals surface area contributed by atoms with Crippen LogP contribution in [0.4, 0.5) is 4.39 Å². The topological polar surface area (TPSA) is 49.0 Å². The Morgan fingerprint density at radius 1 is 1.39 bits per heavy atom. The van der Waals surface area contributed by atoms with Crippen LogP contribution in [0.25, 0.3) is 0 Å². The zero-order valence-corrected chi connectivity index (χ0v) is 13.4. The van der Waals surface area contributed by atoms with E-state index in [2.05, 4.69) is 10.2 Å². The van der Waals surface area contributed by atoms with Gasteiger partial charge in [0.25, 0.3) is 0 Å². The highest BCUT2D eigenvalue weighted by molar-refractivity contribution is 5.76. The number of carbonyl (C=O) groups excluding carboxylic acids is 1. The molecule has 0 aliphatic carbocycles. The number of rotatable bonds is 4. The van der Waals surface area contributed by atoms with E-state index in [0.29, 0.717) is 18.8 Å². The van der Waals surface area contributed by atoms with Crippen LogP contribution < -0.4 is 0 Å². The molecule has 2 aromatic rings. The molecule has 1 atom stereocenters. The molecular weight excluding hydrogens is 293 g/mol. The maximum atomic E-state index is 12.9. The summed E-state index contributed by atoms with van der Waals surface area (Å²) in [6.45, 7) is 3.63. The Labute approximate surface area is 135 Å². The van der Waals surface area contributed by atoms with Crippen LogP contribution in [-0.4, -0.2) is 34.1 Å². The molecule has 2 heterocycles. The minimum atomic E-state index is -0.242. The van der Waals surface area contributed by atoms with Crippen LogP contribution in [0.2, 0.25) is 0 Å². The fourth-order valence-corrected chi connectivity index (χ4v) is 3.27. The summed E-state index contributed by atoms with van der Waals surface area (Å²) in [5.41, 5.74) is 3.31. The van der Waals surface area contributed by atoms with E-state index in [4.69, 9.17) is 0 Å². The Morgan fingerprint density at radius 3 is 2.87 bits per heavy atom. The minimum absolute atomic E-state index is 0.177. The monoisotopic (exact) mass is 315 g/mol. The number of piperidine rings is 1. The van der Waals surface area contributed by atoms with Gasteiger partial charge >= 0.3 is 0 Å². The maximum Gasteiger partial charge on any atom is 0.222 e. The number of hydrogen-bond acceptors (Lipinski definition) is 2. The molecule has 0 saturated carbocycles. The summed E-state index contributed by atoms with van der Waals surface area (Å²) >= 11 is 0. The molecule has 1 aliphatic heterocycles. The van der Waals surface area contributed by atoms with Gasteiger partial charge in [-0.05, 0) is 49.4 Å². The summed E-state index contributed by atoms with van der Waals surface area (Å²) in [7, 11) is 0. The number of H-pyrrole nitrogens is 1. The lowest BCUT2D eigenvalue weighted by Gasteiger charge is -2.32. The standard InChI is InChI=1S/C18H22FN3O/c1-13-11-20-21-18(13)15-3-2-10-22(12-15)17(23)9-6-14-4-7-16(19)8-5-14/h4-5,7-8,11,15H,2-3,6,9-10,12H2,1H3,(H,20,21)/t15-/m1/s1. The number of aryl methyl sites for hydroxylation is 2. The number of carbonyl (C=O) groups is 1. The SMILES string of the molecule is Cc1cn[nH]c1[C@@H]1CCCN(C(=O)CCc2ccc(F)cc2)C1. The molecule has 1 aromatic carbocycles. The van der Waals surface area contributed by atoms with Crippen LogP contribution in [0.1, 0.15) is 42.0 Å². The summed E-state index contributed by atoms with van der Waals surface area (Å²) < 4.78 is 12.9. The van der Waals surface area contributed by atoms with Crippen LogP contribution in [0, 0.1) is 12.7 Å². The van der Waals surface area contributed by atoms with E-state index in [1.54, 1.807) is 12.1 Å². The van der Waals surface area contributed by atoms with Gasteiger partial charge in [-0.25, -0.2) is 4.39 Å². The van der Waals surface area contributed by atoms with Crippen molar-refractivity contribution in [1.82, 2.24) is 15.1 Å². The zero-order valence-electron chi connectivity index (χ0n) is 13.4. The molecule has 3 rings (SSSR count). The molecule has 23 heavy (non-hydrogen) atoms. The van der Waals surface area contributed by atoms with Gasteiger partial charge in [0, 0.05) is 31.1 Å². The van der Waals surface area contributed by atoms with Crippen molar-refractivity contribution < 1.29 is 9.18 Å². The predicted octanol–water partition coefficient (Wildman–Crippen LogP) is 3.20. The number of nitrogens with zero attached hydrogens (tertiary/aromatic N) is 2. The van der Waals surface area contributed by atoms with Crippen molar-refractivity contribution >= 4 is 5.91 Å². The van der Waals surface area contributed by atoms with E-state index >= 15 is 0 Å². The van der Waals surface area contributed by atoms with E-state index in [0.717, 1.165) is 42.8 Å². The van der Waals surface area contributed by atoms with E-state index in [1.807, 2.05) is 18.0 Å². The molecule has 5 heteroatoms. The molecule has 1 saturated heterocycles. The fourth-order valence-electron chi connectivity index (χ4n) is 3.27. The molecule has 4 nitrogen and oxygen atoms in total. The van der Waals surface area contributed by atoms with Crippen molar-refractivity contribution in [3.63, 3.8) is 0 Å². The second kappa shape index (κ2) is 6.94. The summed E-state index contributed by atoms with van der Waals surface area (Å²) in [5.74, 6) is 0.283. The minimum Gasteiger partial charge on any atom is -0.342 e. The lowest BCUT2D eigenvalue weighted by molar-refractivity contribution is -0.132. The van der Waals surface area contributed by atoms with Crippen molar-refractivity contribution in [2.75, 3.05) is 13.1 Å². The largest absolute Gasteiger partial charge is 0.342 e. The van der Waals surface area contributed by atoms with Crippen molar-refractivity contribution in [1.29, 1.82) is 0 Å². The van der Waals surface area contributed by atoms with Gasteiger partial charge < -0.3 is 4.90 Å². The Kier molecular flexibility index (Phi) is 4.74. The third-order valence-corrected chi connectivity index (χ3v) is 4.59. The number of nitrogens with one attached hydrogen (secondary N) is 1. The molecule has 1 aliphatic rings. The number of aromatic amines is 1. The van der Waals surface area contributed by atoms with Gasteiger partial charge in [0.2, 0.25) is 5.91 Å². The first kappa shape index (κ1) is 15.7. The number of aromatic nitrogens is 2. The molecule has 0 spiro atoms. The fraction of sp³-hybridized carbons (Fsp3) is 0.444. The lowest BCUT2D eigenvalue weighted by atomic mass is 9.92. The van der Waals surface area contributed by atoms with Crippen molar-refractivity contribution in [3.8, 4) is 0 Å². The number of hydrogen-bond donors (Lipinski definition) is 1. The highest BCUT2D eigenvalue weighted by Crippen LogP contribution is 2.27. The molecule has 0 bridgehead atoms. The normalized spacial score (nSPS) is 18.2. The van der Waals surface area contributed by atoms with Crippen LogP contribution in [0.3, 0.4) is 0 Å². The van der Waals surface area contributed by atoms with Crippen molar-refractivity contribution in [2.24, 2.45) is 0 Å². The van der Waals surface area contributed by atoms with Gasteiger partial charge in [-0.2, -0.15) is 5.10 Å². The van der Waals surface area contributed by atoms with E-state index in [9.17, 15) is 9.18 Å². The highest BCUT2D eigenvalue weighted by Gasteiger charge is 2.26. The summed E-state index contributed by atoms with van der Waals surface area (Å²) in [6, 6.07) is 6.38. The maximum absolute atomic E-state index is 12.9. The molecule has 0 radical (unpaired) electrons. The predicted molar refractivity (Wildman–Crippen MR) is 86.6 cm³/mol. The van der Waals surface area contributed by atoms with Crippen LogP contribution in [0.5, 0.6) is 0 Å². The molecule has 1 fully saturated rings. The van der Waals surface area contributed by atoms with Gasteiger partial charge in [-0.15, -0.1) is 0 Å². The Bertz CT molecular complexity index is 665. The van der Waals surface area contributed by atoms with Crippen molar-refractivity contribution in [2.45, 2.75) is 38.5 Å². The third-order valence-electron chi connectivity index (χ3n) is 4.59. The number of likely N-dealkylation sites (tertiary alicyclic amines) is 1. The van der Waals surface area contributed by atoms with E-state index < -0.39 is 0 Å². The quantitative estimate of drug-likeness (QED) is 0.942. The molecular formula is C18H22FN3O. The first-order valence-corrected chi connectivity index (χ1v) is 8.15. The number of halogens is 1. The second-order valence-corrected chi connectivity index (χ2v) is 6.27. The van der Waals surface area contributed by atoms with Crippen LogP contribution in [-0.2, 0) is 11.2 Å². The summed E-state index contributed by atoms with van der Waals surface area (Å²) in [6.07, 6.45) is 5.07. The van der Waals surface area contributed by atoms with Gasteiger partial charge in [0.15, 0.2) is 0 Å². The third kappa shape index (κ3) is 3.78. The van der Waals surface area contributed by atoms with Gasteiger partial charge in [0.1, 0.15) is 5.82 Å². The molecule has 1 aromatic heterocycles. The van der Waals surface area contributed by atoms with Gasteiger partial charge in [0.05, 0.1) is 6.20 Å². The lowest BCUT2D eigenvalue weighted by Crippen LogP contribution is -2.39. The van der Waals surface area contributed by atoms with Crippen LogP contribution >= 0.6 is 0 Å². The molecule has 0 unspecified atom stereocenters. The zero-order chi connectivity index (χ0) is 16.2. The Balaban J connectivity index is 1.56. The van der Waals surface area contributed by atoms with Gasteiger partial charge in [-0.3, -0.25) is 9.89 Å². The summed E-state index contributed by atoms with van der Waals surface area (Å²) in [5, 5.41) is 7.17. The highest BCUT2D eigenvalue weighted by atomic mass is 19.1. The number of benzene rings is 1.